The van der Waals surface area contributed by atoms with Crippen molar-refractivity contribution in [2.24, 2.45) is 0 Å². The van der Waals surface area contributed by atoms with Gasteiger partial charge in [-0.05, 0) is 63.8 Å². The Hall–Kier alpha value is -1.22. The van der Waals surface area contributed by atoms with Crippen LogP contribution in [0.5, 0.6) is 5.75 Å². The van der Waals surface area contributed by atoms with Crippen LogP contribution in [-0.4, -0.2) is 29.5 Å². The number of carbonyl (C=O) groups is 1. The summed E-state index contributed by atoms with van der Waals surface area (Å²) in [6.45, 7) is 6.24. The molecule has 0 N–H and O–H groups in total. The van der Waals surface area contributed by atoms with Crippen LogP contribution in [0.25, 0.3) is 0 Å². The molecule has 0 unspecified atom stereocenters. The van der Waals surface area contributed by atoms with Crippen molar-refractivity contribution in [1.82, 2.24) is 4.90 Å². The van der Waals surface area contributed by atoms with Gasteiger partial charge in [-0.25, -0.2) is 0 Å². The Bertz CT molecular complexity index is 479. The second kappa shape index (κ2) is 6.49. The maximum atomic E-state index is 12.3. The second-order valence-electron chi connectivity index (χ2n) is 5.63. The molecule has 0 aromatic heterocycles. The Labute approximate surface area is 125 Å². The van der Waals surface area contributed by atoms with E-state index in [0.29, 0.717) is 22.9 Å². The summed E-state index contributed by atoms with van der Waals surface area (Å²) < 4.78 is 5.60. The third-order valence-corrected chi connectivity index (χ3v) is 4.40. The lowest BCUT2D eigenvalue weighted by Crippen LogP contribution is -2.49. The predicted molar refractivity (Wildman–Crippen MR) is 81.3 cm³/mol. The van der Waals surface area contributed by atoms with Crippen molar-refractivity contribution in [3.63, 3.8) is 0 Å². The summed E-state index contributed by atoms with van der Waals surface area (Å²) in [5.74, 6) is 0.759. The quantitative estimate of drug-likeness (QED) is 0.848. The first-order valence-corrected chi connectivity index (χ1v) is 7.57. The summed E-state index contributed by atoms with van der Waals surface area (Å²) in [6.07, 6.45) is 3.36. The third kappa shape index (κ3) is 3.45. The zero-order valence-electron chi connectivity index (χ0n) is 12.4. The van der Waals surface area contributed by atoms with Gasteiger partial charge in [0.05, 0.1) is 0 Å². The molecule has 2 rings (SSSR count). The Morgan fingerprint density at radius 1 is 1.35 bits per heavy atom. The van der Waals surface area contributed by atoms with Crippen molar-refractivity contribution in [3.05, 3.63) is 28.8 Å². The van der Waals surface area contributed by atoms with Crippen LogP contribution in [0.1, 0.15) is 38.7 Å². The number of hydrogen-bond donors (Lipinski definition) is 0. The Kier molecular flexibility index (Phi) is 4.92. The predicted octanol–water partition coefficient (Wildman–Crippen LogP) is 3.82. The minimum absolute atomic E-state index is 0.0669. The van der Waals surface area contributed by atoms with E-state index in [0.717, 1.165) is 18.4 Å². The van der Waals surface area contributed by atoms with Crippen LogP contribution in [0.2, 0.25) is 5.02 Å². The molecule has 0 saturated carbocycles. The highest BCUT2D eigenvalue weighted by atomic mass is 35.5. The molecule has 0 aliphatic carbocycles. The molecule has 1 aliphatic rings. The van der Waals surface area contributed by atoms with Crippen LogP contribution in [-0.2, 0) is 4.79 Å². The summed E-state index contributed by atoms with van der Waals surface area (Å²) in [5.41, 5.74) is 0.955. The molecule has 0 spiro atoms. The Morgan fingerprint density at radius 3 is 2.60 bits per heavy atom. The fourth-order valence-corrected chi connectivity index (χ4v) is 2.96. The fraction of sp³-hybridized carbons (Fsp3) is 0.562. The molecule has 4 heteroatoms. The second-order valence-corrected chi connectivity index (χ2v) is 6.04. The van der Waals surface area contributed by atoms with Gasteiger partial charge in [0.2, 0.25) is 0 Å². The van der Waals surface area contributed by atoms with Gasteiger partial charge < -0.3 is 9.64 Å². The number of amides is 1. The lowest BCUT2D eigenvalue weighted by atomic mass is 9.97. The lowest BCUT2D eigenvalue weighted by molar-refractivity contribution is -0.139. The Balaban J connectivity index is 1.95. The first-order valence-electron chi connectivity index (χ1n) is 7.19. The molecule has 2 atom stereocenters. The van der Waals surface area contributed by atoms with Crippen molar-refractivity contribution in [2.45, 2.75) is 52.1 Å². The van der Waals surface area contributed by atoms with Crippen LogP contribution in [0.3, 0.4) is 0 Å². The maximum Gasteiger partial charge on any atom is 0.260 e. The number of halogens is 1. The molecular formula is C16H22ClNO2. The number of piperidine rings is 1. The molecular weight excluding hydrogens is 274 g/mol. The molecule has 20 heavy (non-hydrogen) atoms. The van der Waals surface area contributed by atoms with Gasteiger partial charge in [-0.1, -0.05) is 11.6 Å². The van der Waals surface area contributed by atoms with Crippen molar-refractivity contribution in [2.75, 3.05) is 6.61 Å². The van der Waals surface area contributed by atoms with Gasteiger partial charge in [0.25, 0.3) is 5.91 Å². The fourth-order valence-electron chi connectivity index (χ4n) is 2.84. The average Bonchev–Trinajstić information content (AvgIpc) is 2.40. The number of hydrogen-bond acceptors (Lipinski definition) is 2. The monoisotopic (exact) mass is 295 g/mol. The smallest absolute Gasteiger partial charge is 0.260 e. The molecule has 1 saturated heterocycles. The number of nitrogens with zero attached hydrogens (tertiary/aromatic N) is 1. The third-order valence-electron chi connectivity index (χ3n) is 3.97. The van der Waals surface area contributed by atoms with Crippen molar-refractivity contribution in [1.29, 1.82) is 0 Å². The van der Waals surface area contributed by atoms with E-state index in [1.54, 1.807) is 12.1 Å². The average molecular weight is 296 g/mol. The lowest BCUT2D eigenvalue weighted by Gasteiger charge is -2.38. The van der Waals surface area contributed by atoms with E-state index in [2.05, 4.69) is 13.8 Å². The van der Waals surface area contributed by atoms with Gasteiger partial charge in [0.15, 0.2) is 6.61 Å². The minimum atomic E-state index is 0.0669. The summed E-state index contributed by atoms with van der Waals surface area (Å²) in [6, 6.07) is 6.07. The highest BCUT2D eigenvalue weighted by Crippen LogP contribution is 2.24. The molecule has 0 bridgehead atoms. The van der Waals surface area contributed by atoms with E-state index in [1.807, 2.05) is 17.9 Å². The minimum Gasteiger partial charge on any atom is -0.484 e. The van der Waals surface area contributed by atoms with Gasteiger partial charge in [0, 0.05) is 17.1 Å². The number of rotatable bonds is 3. The molecule has 0 radical (unpaired) electrons. The molecule has 1 fully saturated rings. The highest BCUT2D eigenvalue weighted by Gasteiger charge is 2.28. The zero-order chi connectivity index (χ0) is 14.7. The molecule has 1 aliphatic heterocycles. The van der Waals surface area contributed by atoms with Crippen LogP contribution < -0.4 is 4.74 Å². The number of benzene rings is 1. The van der Waals surface area contributed by atoms with Gasteiger partial charge >= 0.3 is 0 Å². The highest BCUT2D eigenvalue weighted by molar-refractivity contribution is 6.31. The standard InChI is InChI=1S/C16H22ClNO2/c1-11-9-14(7-8-15(11)17)20-10-16(19)18-12(2)5-4-6-13(18)3/h7-9,12-13H,4-6,10H2,1-3H3/t12-,13-/m0/s1. The summed E-state index contributed by atoms with van der Waals surface area (Å²) >= 11 is 5.97. The molecule has 3 nitrogen and oxygen atoms in total. The Morgan fingerprint density at radius 2 is 2.00 bits per heavy atom. The summed E-state index contributed by atoms with van der Waals surface area (Å²) in [4.78, 5) is 14.3. The van der Waals surface area contributed by atoms with E-state index in [4.69, 9.17) is 16.3 Å². The largest absolute Gasteiger partial charge is 0.484 e. The van der Waals surface area contributed by atoms with Gasteiger partial charge in [0.1, 0.15) is 5.75 Å². The summed E-state index contributed by atoms with van der Waals surface area (Å²) in [7, 11) is 0. The van der Waals surface area contributed by atoms with Crippen molar-refractivity contribution < 1.29 is 9.53 Å². The van der Waals surface area contributed by atoms with Crippen molar-refractivity contribution >= 4 is 17.5 Å². The molecule has 1 aromatic carbocycles. The topological polar surface area (TPSA) is 29.5 Å². The molecule has 1 aromatic rings. The number of aryl methyl sites for hydroxylation is 1. The van der Waals surface area contributed by atoms with Gasteiger partial charge in [-0.15, -0.1) is 0 Å². The first kappa shape index (κ1) is 15.2. The van der Waals surface area contributed by atoms with Gasteiger partial charge in [-0.3, -0.25) is 4.79 Å². The SMILES string of the molecule is Cc1cc(OCC(=O)N2[C@@H](C)CCC[C@@H]2C)ccc1Cl. The van der Waals surface area contributed by atoms with E-state index in [1.165, 1.54) is 6.42 Å². The van der Waals surface area contributed by atoms with Crippen LogP contribution in [0.15, 0.2) is 18.2 Å². The molecule has 1 heterocycles. The first-order chi connectivity index (χ1) is 9.49. The van der Waals surface area contributed by atoms with Crippen LogP contribution in [0.4, 0.5) is 0 Å². The maximum absolute atomic E-state index is 12.3. The van der Waals surface area contributed by atoms with Crippen LogP contribution in [0, 0.1) is 6.92 Å². The van der Waals surface area contributed by atoms with E-state index in [9.17, 15) is 4.79 Å². The van der Waals surface area contributed by atoms with E-state index >= 15 is 0 Å². The number of carbonyl (C=O) groups excluding carboxylic acids is 1. The molecule has 110 valence electrons. The zero-order valence-corrected chi connectivity index (χ0v) is 13.1. The van der Waals surface area contributed by atoms with E-state index in [-0.39, 0.29) is 12.5 Å². The molecule has 1 amide bonds. The van der Waals surface area contributed by atoms with Crippen molar-refractivity contribution in [3.8, 4) is 5.75 Å². The normalized spacial score (nSPS) is 22.7. The number of likely N-dealkylation sites (tertiary alicyclic amines) is 1. The van der Waals surface area contributed by atoms with Crippen LogP contribution >= 0.6 is 11.6 Å². The van der Waals surface area contributed by atoms with Gasteiger partial charge in [-0.2, -0.15) is 0 Å². The number of ether oxygens (including phenoxy) is 1. The summed E-state index contributed by atoms with van der Waals surface area (Å²) in [5, 5.41) is 0.710. The van der Waals surface area contributed by atoms with E-state index < -0.39 is 0 Å².